The van der Waals surface area contributed by atoms with Crippen LogP contribution in [0.4, 0.5) is 0 Å². The smallest absolute Gasteiger partial charge is 0.303 e. The number of ketones is 1. The second-order valence-electron chi connectivity index (χ2n) is 11.4. The Labute approximate surface area is 169 Å². The molecule has 8 atom stereocenters. The first-order chi connectivity index (χ1) is 13.1. The second kappa shape index (κ2) is 6.82. The molecule has 4 rings (SSSR count). The van der Waals surface area contributed by atoms with Crippen molar-refractivity contribution in [3.05, 3.63) is 0 Å². The molecular weight excluding hydrogens is 352 g/mol. The minimum absolute atomic E-state index is 0.0594. The normalized spacial score (nSPS) is 50.6. The van der Waals surface area contributed by atoms with E-state index in [2.05, 4.69) is 20.8 Å². The maximum atomic E-state index is 12.2. The number of aliphatic hydroxyl groups excluding tert-OH is 1. The van der Waals surface area contributed by atoms with Crippen molar-refractivity contribution in [1.29, 1.82) is 0 Å². The molecule has 158 valence electrons. The standard InChI is InChI=1S/C24H38O4/c1-22-13-16(25)9-12-24(22,3)18-10-11-23(2)15(5-4-6-20(27)28)7-8-17(23)21(18)19(26)14-22/h15,17-19,21,26H,4-14H2,1-3H3,(H,27,28). The summed E-state index contributed by atoms with van der Waals surface area (Å²) in [5.41, 5.74) is 0.346. The number of aliphatic carboxylic acids is 1. The van der Waals surface area contributed by atoms with E-state index in [1.54, 1.807) is 0 Å². The van der Waals surface area contributed by atoms with Gasteiger partial charge in [-0.15, -0.1) is 0 Å². The first-order valence-corrected chi connectivity index (χ1v) is 11.5. The van der Waals surface area contributed by atoms with E-state index < -0.39 is 5.97 Å². The Bertz CT molecular complexity index is 659. The molecule has 0 aromatic carbocycles. The summed E-state index contributed by atoms with van der Waals surface area (Å²) in [5.74, 6) is 1.71. The molecule has 0 aliphatic heterocycles. The zero-order chi connectivity index (χ0) is 20.3. The molecule has 2 N–H and O–H groups in total. The highest BCUT2D eigenvalue weighted by Gasteiger charge is 2.65. The summed E-state index contributed by atoms with van der Waals surface area (Å²) in [5, 5.41) is 20.3. The van der Waals surface area contributed by atoms with Crippen LogP contribution in [0, 0.1) is 39.9 Å². The zero-order valence-electron chi connectivity index (χ0n) is 17.9. The van der Waals surface area contributed by atoms with Crippen LogP contribution < -0.4 is 0 Å². The number of aliphatic hydroxyl groups is 1. The number of hydrogen-bond donors (Lipinski definition) is 2. The molecule has 0 spiro atoms. The Kier molecular flexibility index (Phi) is 4.96. The number of fused-ring (bicyclic) bond motifs is 5. The van der Waals surface area contributed by atoms with Gasteiger partial charge in [0.25, 0.3) is 0 Å². The van der Waals surface area contributed by atoms with Crippen molar-refractivity contribution in [1.82, 2.24) is 0 Å². The van der Waals surface area contributed by atoms with Crippen LogP contribution in [0.1, 0.15) is 91.4 Å². The second-order valence-corrected chi connectivity index (χ2v) is 11.4. The molecule has 8 unspecified atom stereocenters. The molecule has 0 saturated heterocycles. The minimum atomic E-state index is -0.690. The summed E-state index contributed by atoms with van der Waals surface area (Å²) < 4.78 is 0. The highest BCUT2D eigenvalue weighted by Crippen LogP contribution is 2.70. The highest BCUT2D eigenvalue weighted by atomic mass is 16.4. The molecule has 4 aliphatic rings. The molecular formula is C24H38O4. The Hall–Kier alpha value is -0.900. The Morgan fingerprint density at radius 3 is 2.57 bits per heavy atom. The lowest BCUT2D eigenvalue weighted by Gasteiger charge is -2.65. The average molecular weight is 391 g/mol. The van der Waals surface area contributed by atoms with E-state index in [1.807, 2.05) is 0 Å². The largest absolute Gasteiger partial charge is 0.481 e. The summed E-state index contributed by atoms with van der Waals surface area (Å²) in [7, 11) is 0. The van der Waals surface area contributed by atoms with Crippen molar-refractivity contribution in [3.8, 4) is 0 Å². The Balaban J connectivity index is 1.57. The van der Waals surface area contributed by atoms with Crippen LogP contribution in [0.5, 0.6) is 0 Å². The molecule has 4 saturated carbocycles. The van der Waals surface area contributed by atoms with Crippen LogP contribution in [0.15, 0.2) is 0 Å². The number of hydrogen-bond acceptors (Lipinski definition) is 3. The molecule has 4 fully saturated rings. The molecule has 0 aromatic rings. The van der Waals surface area contributed by atoms with E-state index in [9.17, 15) is 14.7 Å². The molecule has 0 amide bonds. The maximum Gasteiger partial charge on any atom is 0.303 e. The van der Waals surface area contributed by atoms with Gasteiger partial charge in [-0.25, -0.2) is 0 Å². The predicted molar refractivity (Wildman–Crippen MR) is 108 cm³/mol. The molecule has 0 heterocycles. The quantitative estimate of drug-likeness (QED) is 0.721. The van der Waals surface area contributed by atoms with Crippen molar-refractivity contribution in [2.24, 2.45) is 39.9 Å². The van der Waals surface area contributed by atoms with Gasteiger partial charge >= 0.3 is 5.97 Å². The minimum Gasteiger partial charge on any atom is -0.481 e. The maximum absolute atomic E-state index is 12.2. The van der Waals surface area contributed by atoms with E-state index >= 15 is 0 Å². The predicted octanol–water partition coefficient (Wildman–Crippen LogP) is 4.83. The van der Waals surface area contributed by atoms with Gasteiger partial charge in [0, 0.05) is 19.3 Å². The molecule has 0 radical (unpaired) electrons. The van der Waals surface area contributed by atoms with Gasteiger partial charge in [0.2, 0.25) is 0 Å². The number of carbonyl (C=O) groups excluding carboxylic acids is 1. The zero-order valence-corrected chi connectivity index (χ0v) is 17.9. The fourth-order valence-electron chi connectivity index (χ4n) is 8.52. The van der Waals surface area contributed by atoms with Crippen molar-refractivity contribution < 1.29 is 19.8 Å². The van der Waals surface area contributed by atoms with Gasteiger partial charge < -0.3 is 10.2 Å². The van der Waals surface area contributed by atoms with Crippen molar-refractivity contribution in [3.63, 3.8) is 0 Å². The summed E-state index contributed by atoms with van der Waals surface area (Å²) in [4.78, 5) is 23.2. The van der Waals surface area contributed by atoms with E-state index in [0.717, 1.165) is 32.1 Å². The van der Waals surface area contributed by atoms with E-state index in [-0.39, 0.29) is 28.8 Å². The van der Waals surface area contributed by atoms with Gasteiger partial charge in [-0.05, 0) is 91.3 Å². The van der Waals surface area contributed by atoms with Crippen molar-refractivity contribution >= 4 is 11.8 Å². The van der Waals surface area contributed by atoms with Gasteiger partial charge in [-0.2, -0.15) is 0 Å². The summed E-state index contributed by atoms with van der Waals surface area (Å²) in [6, 6.07) is 0. The third-order valence-electron chi connectivity index (χ3n) is 10.3. The van der Waals surface area contributed by atoms with Crippen molar-refractivity contribution in [2.45, 2.75) is 97.5 Å². The monoisotopic (exact) mass is 390 g/mol. The summed E-state index contributed by atoms with van der Waals surface area (Å²) in [6.45, 7) is 7.12. The van der Waals surface area contributed by atoms with Crippen molar-refractivity contribution in [2.75, 3.05) is 0 Å². The van der Waals surface area contributed by atoms with Crippen LogP contribution in [-0.2, 0) is 9.59 Å². The van der Waals surface area contributed by atoms with E-state index in [4.69, 9.17) is 5.11 Å². The lowest BCUT2D eigenvalue weighted by atomic mass is 9.40. The van der Waals surface area contributed by atoms with E-state index in [0.29, 0.717) is 42.3 Å². The summed E-state index contributed by atoms with van der Waals surface area (Å²) in [6.07, 6.45) is 9.60. The lowest BCUT2D eigenvalue weighted by Crippen LogP contribution is -2.62. The third-order valence-corrected chi connectivity index (χ3v) is 10.3. The number of carbonyl (C=O) groups is 2. The number of carboxylic acid groups (broad SMARTS) is 1. The topological polar surface area (TPSA) is 74.6 Å². The van der Waals surface area contributed by atoms with Gasteiger partial charge in [-0.3, -0.25) is 9.59 Å². The molecule has 4 nitrogen and oxygen atoms in total. The first-order valence-electron chi connectivity index (χ1n) is 11.5. The van der Waals surface area contributed by atoms with Crippen LogP contribution in [0.25, 0.3) is 0 Å². The Morgan fingerprint density at radius 1 is 1.11 bits per heavy atom. The molecule has 28 heavy (non-hydrogen) atoms. The van der Waals surface area contributed by atoms with Gasteiger partial charge in [0.1, 0.15) is 5.78 Å². The molecule has 4 heteroatoms. The number of carboxylic acids is 1. The number of rotatable bonds is 4. The van der Waals surface area contributed by atoms with Crippen LogP contribution >= 0.6 is 0 Å². The van der Waals surface area contributed by atoms with Crippen LogP contribution in [0.3, 0.4) is 0 Å². The SMILES string of the molecule is CC12CCC3C(C(O)CC4(C)CC(=O)CCC34C)C1CCC2CCCC(=O)O. The van der Waals surface area contributed by atoms with Gasteiger partial charge in [0.05, 0.1) is 6.10 Å². The first kappa shape index (κ1) is 20.4. The van der Waals surface area contributed by atoms with Gasteiger partial charge in [-0.1, -0.05) is 20.8 Å². The molecule has 4 aliphatic carbocycles. The van der Waals surface area contributed by atoms with Crippen LogP contribution in [-0.4, -0.2) is 28.1 Å². The highest BCUT2D eigenvalue weighted by molar-refractivity contribution is 5.80. The number of Topliss-reactive ketones (excluding diaryl/α,β-unsaturated/α-hetero) is 1. The molecule has 0 aromatic heterocycles. The average Bonchev–Trinajstić information content (AvgIpc) is 2.93. The fraction of sp³-hybridized carbons (Fsp3) is 0.917. The Morgan fingerprint density at radius 2 is 1.86 bits per heavy atom. The lowest BCUT2D eigenvalue weighted by molar-refractivity contribution is -0.197. The fourth-order valence-corrected chi connectivity index (χ4v) is 8.52. The molecule has 0 bridgehead atoms. The third kappa shape index (κ3) is 2.88. The van der Waals surface area contributed by atoms with E-state index in [1.165, 1.54) is 19.3 Å². The van der Waals surface area contributed by atoms with Gasteiger partial charge in [0.15, 0.2) is 0 Å². The van der Waals surface area contributed by atoms with Crippen LogP contribution in [0.2, 0.25) is 0 Å². The summed E-state index contributed by atoms with van der Waals surface area (Å²) >= 11 is 0.